The van der Waals surface area contributed by atoms with Crippen LogP contribution in [0.2, 0.25) is 0 Å². The lowest BCUT2D eigenvalue weighted by Crippen LogP contribution is -2.32. The van der Waals surface area contributed by atoms with E-state index in [1.807, 2.05) is 25.1 Å². The topological polar surface area (TPSA) is 130 Å². The minimum Gasteiger partial charge on any atom is -0.464 e. The quantitative estimate of drug-likeness (QED) is 0.539. The number of aromatic nitrogens is 3. The average molecular weight is 443 g/mol. The standard InChI is InChI=1S/C23H21N7O3/c1-14-15(4-5-20(31)30-9-8-24-13-30)21(19-3-2-10-33-19)17(28-14)11-18-22(26-7-6-25-18)16-12-27-29-23(16)32/h2-3,6-13,16,25,28H,4-5H2,1H3,(H,29,32). The van der Waals surface area contributed by atoms with E-state index in [2.05, 4.69) is 30.8 Å². The van der Waals surface area contributed by atoms with Gasteiger partial charge >= 0.3 is 0 Å². The molecule has 0 saturated carbocycles. The van der Waals surface area contributed by atoms with E-state index in [0.717, 1.165) is 22.5 Å². The number of carbonyl (C=O) groups excluding carboxylic acids is 2. The van der Waals surface area contributed by atoms with Crippen molar-refractivity contribution in [1.29, 1.82) is 0 Å². The lowest BCUT2D eigenvalue weighted by atomic mass is 9.98. The Balaban J connectivity index is 1.51. The number of nitrogens with zero attached hydrogens (tertiary/aromatic N) is 4. The summed E-state index contributed by atoms with van der Waals surface area (Å²) in [6.07, 6.45) is 13.9. The van der Waals surface area contributed by atoms with Gasteiger partial charge in [0, 0.05) is 48.7 Å². The largest absolute Gasteiger partial charge is 0.464 e. The molecule has 5 heterocycles. The van der Waals surface area contributed by atoms with Crippen LogP contribution in [-0.4, -0.2) is 38.3 Å². The minimum absolute atomic E-state index is 0.0431. The first kappa shape index (κ1) is 20.4. The Morgan fingerprint density at radius 3 is 3.00 bits per heavy atom. The van der Waals surface area contributed by atoms with Crippen molar-refractivity contribution >= 4 is 29.8 Å². The number of nitrogens with one attached hydrogen (secondary N) is 3. The molecule has 0 bridgehead atoms. The number of hydrogen-bond donors (Lipinski definition) is 3. The predicted molar refractivity (Wildman–Crippen MR) is 122 cm³/mol. The summed E-state index contributed by atoms with van der Waals surface area (Å²) in [6, 6.07) is 3.70. The molecule has 10 nitrogen and oxygen atoms in total. The average Bonchev–Trinajstić information content (AvgIpc) is 3.61. The molecule has 1 amide bonds. The number of H-pyrrole nitrogens is 1. The van der Waals surface area contributed by atoms with Gasteiger partial charge in [-0.1, -0.05) is 0 Å². The van der Waals surface area contributed by atoms with Gasteiger partial charge in [-0.05, 0) is 37.1 Å². The third kappa shape index (κ3) is 3.93. The summed E-state index contributed by atoms with van der Waals surface area (Å²) in [5.74, 6) is -0.173. The number of hydrazone groups is 1. The molecule has 2 aliphatic rings. The molecule has 3 N–H and O–H groups in total. The van der Waals surface area contributed by atoms with Gasteiger partial charge in [-0.15, -0.1) is 0 Å². The molecule has 5 rings (SSSR count). The van der Waals surface area contributed by atoms with Gasteiger partial charge < -0.3 is 14.7 Å². The van der Waals surface area contributed by atoms with Crippen LogP contribution >= 0.6 is 0 Å². The van der Waals surface area contributed by atoms with E-state index in [1.165, 1.54) is 17.1 Å². The predicted octanol–water partition coefficient (Wildman–Crippen LogP) is 2.64. The van der Waals surface area contributed by atoms with Crippen molar-refractivity contribution < 1.29 is 14.0 Å². The maximum absolute atomic E-state index is 12.5. The first-order chi connectivity index (χ1) is 16.1. The fourth-order valence-corrected chi connectivity index (χ4v) is 3.98. The number of aliphatic imine (C=N–C) groups is 1. The SMILES string of the molecule is Cc1[nH]c(C=C2NC=CN=C2C2C=NNC2=O)c(-c2ccco2)c1CCC(=O)n1ccnc1. The summed E-state index contributed by atoms with van der Waals surface area (Å²) >= 11 is 0. The molecule has 0 aromatic carbocycles. The highest BCUT2D eigenvalue weighted by atomic mass is 16.3. The van der Waals surface area contributed by atoms with Crippen LogP contribution in [0.3, 0.4) is 0 Å². The highest BCUT2D eigenvalue weighted by molar-refractivity contribution is 6.24. The van der Waals surface area contributed by atoms with Crippen LogP contribution in [0, 0.1) is 12.8 Å². The molecule has 33 heavy (non-hydrogen) atoms. The molecule has 0 aliphatic carbocycles. The number of aryl methyl sites for hydroxylation is 1. The van der Waals surface area contributed by atoms with Crippen molar-refractivity contribution in [3.8, 4) is 11.3 Å². The molecule has 2 aliphatic heterocycles. The summed E-state index contributed by atoms with van der Waals surface area (Å²) in [6.45, 7) is 1.96. The van der Waals surface area contributed by atoms with Gasteiger partial charge in [-0.2, -0.15) is 5.10 Å². The van der Waals surface area contributed by atoms with E-state index in [4.69, 9.17) is 4.42 Å². The zero-order valence-corrected chi connectivity index (χ0v) is 17.8. The smallest absolute Gasteiger partial charge is 0.254 e. The number of allylic oxidation sites excluding steroid dienone is 1. The second-order valence-electron chi connectivity index (χ2n) is 7.62. The van der Waals surface area contributed by atoms with Gasteiger partial charge in [0.05, 0.1) is 23.4 Å². The molecule has 0 saturated heterocycles. The van der Waals surface area contributed by atoms with Crippen LogP contribution < -0.4 is 10.7 Å². The van der Waals surface area contributed by atoms with Gasteiger partial charge in [-0.3, -0.25) is 19.1 Å². The Labute approximate surface area is 188 Å². The van der Waals surface area contributed by atoms with Crippen LogP contribution in [0.4, 0.5) is 0 Å². The number of furan rings is 1. The molecular formula is C23H21N7O3. The summed E-state index contributed by atoms with van der Waals surface area (Å²) in [4.78, 5) is 36.5. The molecule has 0 fully saturated rings. The van der Waals surface area contributed by atoms with E-state index < -0.39 is 5.92 Å². The Hall–Kier alpha value is -4.47. The summed E-state index contributed by atoms with van der Waals surface area (Å²) in [7, 11) is 0. The van der Waals surface area contributed by atoms with Crippen LogP contribution in [0.15, 0.2) is 69.7 Å². The Morgan fingerprint density at radius 2 is 2.27 bits per heavy atom. The molecule has 0 spiro atoms. The lowest BCUT2D eigenvalue weighted by molar-refractivity contribution is -0.120. The minimum atomic E-state index is -0.580. The zero-order valence-electron chi connectivity index (χ0n) is 17.8. The van der Waals surface area contributed by atoms with Crippen molar-refractivity contribution in [2.75, 3.05) is 0 Å². The maximum Gasteiger partial charge on any atom is 0.254 e. The van der Waals surface area contributed by atoms with Crippen molar-refractivity contribution in [3.05, 3.63) is 72.2 Å². The van der Waals surface area contributed by atoms with Crippen LogP contribution in [0.25, 0.3) is 17.4 Å². The molecule has 0 radical (unpaired) electrons. The summed E-state index contributed by atoms with van der Waals surface area (Å²) in [5.41, 5.74) is 7.23. The molecule has 1 unspecified atom stereocenters. The maximum atomic E-state index is 12.5. The van der Waals surface area contributed by atoms with Crippen LogP contribution in [-0.2, 0) is 11.2 Å². The van der Waals surface area contributed by atoms with E-state index in [1.54, 1.807) is 31.1 Å². The molecular weight excluding hydrogens is 422 g/mol. The van der Waals surface area contributed by atoms with Crippen molar-refractivity contribution in [3.63, 3.8) is 0 Å². The fourth-order valence-electron chi connectivity index (χ4n) is 3.98. The first-order valence-corrected chi connectivity index (χ1v) is 10.4. The molecule has 166 valence electrons. The number of carbonyl (C=O) groups is 2. The normalized spacial score (nSPS) is 18.5. The van der Waals surface area contributed by atoms with Gasteiger partial charge in [-0.25, -0.2) is 10.4 Å². The third-order valence-corrected chi connectivity index (χ3v) is 5.56. The number of imidazole rings is 1. The highest BCUT2D eigenvalue weighted by Gasteiger charge is 2.30. The van der Waals surface area contributed by atoms with E-state index >= 15 is 0 Å². The van der Waals surface area contributed by atoms with Gasteiger partial charge in [0.25, 0.3) is 5.91 Å². The molecule has 10 heteroatoms. The monoisotopic (exact) mass is 443 g/mol. The lowest BCUT2D eigenvalue weighted by Gasteiger charge is -2.16. The number of amides is 1. The van der Waals surface area contributed by atoms with E-state index in [9.17, 15) is 9.59 Å². The van der Waals surface area contributed by atoms with E-state index in [-0.39, 0.29) is 11.8 Å². The van der Waals surface area contributed by atoms with Crippen molar-refractivity contribution in [2.24, 2.45) is 16.0 Å². The Kier molecular flexibility index (Phi) is 5.31. The second-order valence-corrected chi connectivity index (χ2v) is 7.62. The van der Waals surface area contributed by atoms with Gasteiger partial charge in [0.2, 0.25) is 5.91 Å². The van der Waals surface area contributed by atoms with Crippen LogP contribution in [0.5, 0.6) is 0 Å². The molecule has 1 atom stereocenters. The highest BCUT2D eigenvalue weighted by Crippen LogP contribution is 2.33. The molecule has 3 aromatic heterocycles. The van der Waals surface area contributed by atoms with E-state index in [0.29, 0.717) is 30.0 Å². The van der Waals surface area contributed by atoms with Crippen molar-refractivity contribution in [1.82, 2.24) is 25.3 Å². The van der Waals surface area contributed by atoms with Crippen LogP contribution in [0.1, 0.15) is 28.2 Å². The number of hydrogen-bond acceptors (Lipinski definition) is 7. The Morgan fingerprint density at radius 1 is 1.36 bits per heavy atom. The van der Waals surface area contributed by atoms with Gasteiger partial charge in [0.1, 0.15) is 18.0 Å². The number of aromatic amines is 1. The second kappa shape index (κ2) is 8.58. The zero-order chi connectivity index (χ0) is 22.8. The van der Waals surface area contributed by atoms with Gasteiger partial charge in [0.15, 0.2) is 0 Å². The Bertz CT molecular complexity index is 1310. The summed E-state index contributed by atoms with van der Waals surface area (Å²) < 4.78 is 7.21. The molecule has 3 aromatic rings. The summed E-state index contributed by atoms with van der Waals surface area (Å²) in [5, 5.41) is 7.03. The number of rotatable bonds is 6. The fraction of sp³-hybridized carbons (Fsp3) is 0.174. The first-order valence-electron chi connectivity index (χ1n) is 10.4. The van der Waals surface area contributed by atoms with Crippen molar-refractivity contribution in [2.45, 2.75) is 19.8 Å². The third-order valence-electron chi connectivity index (χ3n) is 5.56.